The lowest BCUT2D eigenvalue weighted by atomic mass is 10.2. The van der Waals surface area contributed by atoms with Crippen molar-refractivity contribution in [2.45, 2.75) is 13.3 Å². The van der Waals surface area contributed by atoms with Crippen LogP contribution in [0.2, 0.25) is 0 Å². The average molecular weight is 303 g/mol. The fourth-order valence-corrected chi connectivity index (χ4v) is 1.64. The molecule has 1 rings (SSSR count). The van der Waals surface area contributed by atoms with Crippen LogP contribution in [0.3, 0.4) is 0 Å². The number of hydrogen-bond donors (Lipinski definition) is 1. The van der Waals surface area contributed by atoms with Crippen LogP contribution in [-0.2, 0) is 0 Å². The van der Waals surface area contributed by atoms with Gasteiger partial charge >= 0.3 is 5.97 Å². The highest BCUT2D eigenvalue weighted by molar-refractivity contribution is 9.10. The van der Waals surface area contributed by atoms with Crippen molar-refractivity contribution in [2.75, 3.05) is 6.61 Å². The van der Waals surface area contributed by atoms with Crippen LogP contribution in [0.25, 0.3) is 0 Å². The number of benzene rings is 1. The van der Waals surface area contributed by atoms with Crippen molar-refractivity contribution in [3.05, 3.63) is 40.1 Å². The van der Waals surface area contributed by atoms with E-state index in [1.807, 2.05) is 6.92 Å². The molecule has 0 bridgehead atoms. The van der Waals surface area contributed by atoms with Crippen LogP contribution in [0.4, 0.5) is 4.39 Å². The Morgan fingerprint density at radius 3 is 2.76 bits per heavy atom. The monoisotopic (exact) mass is 302 g/mol. The van der Waals surface area contributed by atoms with Crippen LogP contribution < -0.4 is 4.74 Å². The Kier molecular flexibility index (Phi) is 4.69. The summed E-state index contributed by atoms with van der Waals surface area (Å²) in [5.41, 5.74) is 0.807. The summed E-state index contributed by atoms with van der Waals surface area (Å²) in [7, 11) is 0. The number of rotatable bonds is 5. The van der Waals surface area contributed by atoms with Gasteiger partial charge in [-0.2, -0.15) is 0 Å². The van der Waals surface area contributed by atoms with Crippen molar-refractivity contribution in [3.8, 4) is 5.75 Å². The SMILES string of the molecule is C=C(C)CCOc1ccc(C(=O)O)c(Br)c1F. The van der Waals surface area contributed by atoms with E-state index in [1.165, 1.54) is 12.1 Å². The van der Waals surface area contributed by atoms with Gasteiger partial charge in [-0.25, -0.2) is 9.18 Å². The van der Waals surface area contributed by atoms with Crippen LogP contribution in [0.1, 0.15) is 23.7 Å². The van der Waals surface area contributed by atoms with Crippen molar-refractivity contribution in [3.63, 3.8) is 0 Å². The second-order valence-corrected chi connectivity index (χ2v) is 4.39. The highest BCUT2D eigenvalue weighted by Crippen LogP contribution is 2.28. The van der Waals surface area contributed by atoms with Gasteiger partial charge in [0.1, 0.15) is 0 Å². The standard InChI is InChI=1S/C12H12BrFO3/c1-7(2)5-6-17-9-4-3-8(12(15)16)10(13)11(9)14/h3-4H,1,5-6H2,2H3,(H,15,16). The van der Waals surface area contributed by atoms with Gasteiger partial charge in [0.15, 0.2) is 11.6 Å². The Morgan fingerprint density at radius 1 is 1.59 bits per heavy atom. The van der Waals surface area contributed by atoms with E-state index in [1.54, 1.807) is 0 Å². The van der Waals surface area contributed by atoms with E-state index in [4.69, 9.17) is 9.84 Å². The molecule has 0 heterocycles. The summed E-state index contributed by atoms with van der Waals surface area (Å²) in [6, 6.07) is 2.60. The third-order valence-corrected chi connectivity index (χ3v) is 2.84. The second kappa shape index (κ2) is 5.82. The summed E-state index contributed by atoms with van der Waals surface area (Å²) >= 11 is 2.90. The topological polar surface area (TPSA) is 46.5 Å². The molecule has 0 saturated heterocycles. The number of aromatic carboxylic acids is 1. The van der Waals surface area contributed by atoms with Crippen LogP contribution in [0.15, 0.2) is 28.8 Å². The molecule has 0 spiro atoms. The molecule has 17 heavy (non-hydrogen) atoms. The van der Waals surface area contributed by atoms with Crippen LogP contribution >= 0.6 is 15.9 Å². The van der Waals surface area contributed by atoms with Crippen molar-refractivity contribution >= 4 is 21.9 Å². The summed E-state index contributed by atoms with van der Waals surface area (Å²) in [6.45, 7) is 5.86. The maximum absolute atomic E-state index is 13.7. The molecule has 1 N–H and O–H groups in total. The molecule has 0 amide bonds. The Morgan fingerprint density at radius 2 is 2.24 bits per heavy atom. The zero-order valence-corrected chi connectivity index (χ0v) is 10.9. The number of carbonyl (C=O) groups is 1. The van der Waals surface area contributed by atoms with Crippen molar-refractivity contribution in [1.82, 2.24) is 0 Å². The van der Waals surface area contributed by atoms with E-state index in [0.717, 1.165) is 5.57 Å². The van der Waals surface area contributed by atoms with Gasteiger partial charge in [0.05, 0.1) is 16.6 Å². The minimum Gasteiger partial charge on any atom is -0.490 e. The van der Waals surface area contributed by atoms with Crippen LogP contribution in [-0.4, -0.2) is 17.7 Å². The van der Waals surface area contributed by atoms with Crippen molar-refractivity contribution in [2.24, 2.45) is 0 Å². The number of hydrogen-bond acceptors (Lipinski definition) is 2. The quantitative estimate of drug-likeness (QED) is 0.845. The molecule has 0 aliphatic rings. The molecule has 5 heteroatoms. The van der Waals surface area contributed by atoms with Gasteiger partial charge in [0, 0.05) is 6.42 Å². The first-order chi connectivity index (χ1) is 7.93. The van der Waals surface area contributed by atoms with Gasteiger partial charge in [0.2, 0.25) is 0 Å². The lowest BCUT2D eigenvalue weighted by molar-refractivity contribution is 0.0695. The number of ether oxygens (including phenoxy) is 1. The summed E-state index contributed by atoms with van der Waals surface area (Å²) in [6.07, 6.45) is 0.623. The highest BCUT2D eigenvalue weighted by Gasteiger charge is 2.16. The summed E-state index contributed by atoms with van der Waals surface area (Å²) in [5, 5.41) is 8.78. The molecule has 0 radical (unpaired) electrons. The summed E-state index contributed by atoms with van der Waals surface area (Å²) in [4.78, 5) is 10.7. The third-order valence-electron chi connectivity index (χ3n) is 2.06. The molecule has 0 unspecified atom stereocenters. The molecule has 0 fully saturated rings. The van der Waals surface area contributed by atoms with E-state index in [9.17, 15) is 9.18 Å². The zero-order chi connectivity index (χ0) is 13.0. The first kappa shape index (κ1) is 13.7. The fourth-order valence-electron chi connectivity index (χ4n) is 1.14. The van der Waals surface area contributed by atoms with Crippen molar-refractivity contribution in [1.29, 1.82) is 0 Å². The molecule has 0 atom stereocenters. The zero-order valence-electron chi connectivity index (χ0n) is 9.30. The fraction of sp³-hybridized carbons (Fsp3) is 0.250. The van der Waals surface area contributed by atoms with E-state index in [0.29, 0.717) is 13.0 Å². The molecule has 1 aromatic rings. The van der Waals surface area contributed by atoms with E-state index >= 15 is 0 Å². The van der Waals surface area contributed by atoms with Crippen LogP contribution in [0, 0.1) is 5.82 Å². The van der Waals surface area contributed by atoms with E-state index in [2.05, 4.69) is 22.5 Å². The first-order valence-electron chi connectivity index (χ1n) is 4.92. The average Bonchev–Trinajstić information content (AvgIpc) is 2.23. The van der Waals surface area contributed by atoms with Gasteiger partial charge in [-0.15, -0.1) is 6.58 Å². The summed E-state index contributed by atoms with van der Waals surface area (Å²) in [5.74, 6) is -1.86. The Balaban J connectivity index is 2.85. The van der Waals surface area contributed by atoms with Crippen molar-refractivity contribution < 1.29 is 19.0 Å². The van der Waals surface area contributed by atoms with E-state index < -0.39 is 11.8 Å². The first-order valence-corrected chi connectivity index (χ1v) is 5.71. The van der Waals surface area contributed by atoms with Gasteiger partial charge in [-0.05, 0) is 35.0 Å². The molecular formula is C12H12BrFO3. The molecule has 0 aromatic heterocycles. The minimum atomic E-state index is -1.19. The lowest BCUT2D eigenvalue weighted by Crippen LogP contribution is -2.04. The Hall–Kier alpha value is -1.36. The third kappa shape index (κ3) is 3.56. The predicted molar refractivity (Wildman–Crippen MR) is 66.0 cm³/mol. The van der Waals surface area contributed by atoms with Gasteiger partial charge in [-0.3, -0.25) is 0 Å². The largest absolute Gasteiger partial charge is 0.490 e. The molecule has 92 valence electrons. The molecular weight excluding hydrogens is 291 g/mol. The number of carboxylic acid groups (broad SMARTS) is 1. The molecule has 1 aromatic carbocycles. The Labute approximate surface area is 107 Å². The number of halogens is 2. The maximum Gasteiger partial charge on any atom is 0.336 e. The molecule has 0 saturated carbocycles. The maximum atomic E-state index is 13.7. The normalized spacial score (nSPS) is 10.1. The van der Waals surface area contributed by atoms with Gasteiger partial charge in [-0.1, -0.05) is 5.57 Å². The highest BCUT2D eigenvalue weighted by atomic mass is 79.9. The Bertz CT molecular complexity index is 457. The molecule has 0 aliphatic heterocycles. The second-order valence-electron chi connectivity index (χ2n) is 3.60. The molecule has 3 nitrogen and oxygen atoms in total. The van der Waals surface area contributed by atoms with Gasteiger partial charge in [0.25, 0.3) is 0 Å². The molecule has 0 aliphatic carbocycles. The van der Waals surface area contributed by atoms with Crippen LogP contribution in [0.5, 0.6) is 5.75 Å². The summed E-state index contributed by atoms with van der Waals surface area (Å²) < 4.78 is 18.8. The van der Waals surface area contributed by atoms with E-state index in [-0.39, 0.29) is 15.8 Å². The predicted octanol–water partition coefficient (Wildman–Crippen LogP) is 3.63. The lowest BCUT2D eigenvalue weighted by Gasteiger charge is -2.09. The minimum absolute atomic E-state index is 0.0307. The smallest absolute Gasteiger partial charge is 0.336 e. The number of carboxylic acids is 1. The van der Waals surface area contributed by atoms with Gasteiger partial charge < -0.3 is 9.84 Å².